The smallest absolute Gasteiger partial charge is 0.287 e. The van der Waals surface area contributed by atoms with Crippen LogP contribution in [0.2, 0.25) is 0 Å². The molecule has 1 unspecified atom stereocenters. The van der Waals surface area contributed by atoms with Crippen LogP contribution in [0.1, 0.15) is 47.2 Å². The molecular weight excluding hydrogens is 432 g/mol. The Morgan fingerprint density at radius 2 is 1.74 bits per heavy atom. The summed E-state index contributed by atoms with van der Waals surface area (Å²) < 4.78 is 30.8. The van der Waals surface area contributed by atoms with Gasteiger partial charge in [-0.15, -0.1) is 11.3 Å². The molecule has 0 saturated carbocycles. The van der Waals surface area contributed by atoms with Gasteiger partial charge in [-0.1, -0.05) is 37.1 Å². The standard InChI is InChI=1S/C23H26N2O4S2/c26-23(20-12-13-22(29-20)31(27,28)18-9-4-3-5-10-18)24-17-19(21-11-8-16-30-21)25-14-6-1-2-7-15-25/h3-5,8-13,16,19H,1-2,6-7,14-15,17H2,(H,24,26). The molecule has 31 heavy (non-hydrogen) atoms. The lowest BCUT2D eigenvalue weighted by Gasteiger charge is -2.30. The molecule has 1 saturated heterocycles. The van der Waals surface area contributed by atoms with Crippen molar-refractivity contribution in [2.75, 3.05) is 19.6 Å². The predicted octanol–water partition coefficient (Wildman–Crippen LogP) is 4.52. The number of nitrogens with zero attached hydrogens (tertiary/aromatic N) is 1. The molecule has 0 spiro atoms. The third-order valence-corrected chi connectivity index (χ3v) is 8.15. The van der Waals surface area contributed by atoms with Crippen molar-refractivity contribution in [1.29, 1.82) is 0 Å². The van der Waals surface area contributed by atoms with Crippen LogP contribution < -0.4 is 5.32 Å². The second kappa shape index (κ2) is 9.80. The summed E-state index contributed by atoms with van der Waals surface area (Å²) in [5.74, 6) is -0.416. The number of carbonyl (C=O) groups excluding carboxylic acids is 1. The van der Waals surface area contributed by atoms with Gasteiger partial charge in [-0.2, -0.15) is 0 Å². The lowest BCUT2D eigenvalue weighted by Crippen LogP contribution is -2.38. The maximum Gasteiger partial charge on any atom is 0.287 e. The molecule has 1 atom stereocenters. The minimum Gasteiger partial charge on any atom is -0.439 e. The molecule has 3 aromatic rings. The van der Waals surface area contributed by atoms with Gasteiger partial charge in [-0.25, -0.2) is 8.42 Å². The SMILES string of the molecule is O=C(NCC(c1cccs1)N1CCCCCC1)c1ccc(S(=O)(=O)c2ccccc2)o1. The minimum absolute atomic E-state index is 0.00435. The Bertz CT molecular complexity index is 1080. The highest BCUT2D eigenvalue weighted by atomic mass is 32.2. The van der Waals surface area contributed by atoms with Gasteiger partial charge in [0.05, 0.1) is 10.9 Å². The number of sulfone groups is 1. The summed E-state index contributed by atoms with van der Waals surface area (Å²) in [5, 5.41) is 4.77. The van der Waals surface area contributed by atoms with E-state index >= 15 is 0 Å². The first-order valence-corrected chi connectivity index (χ1v) is 12.9. The number of thiophene rings is 1. The summed E-state index contributed by atoms with van der Waals surface area (Å²) in [4.78, 5) is 16.5. The van der Waals surface area contributed by atoms with Crippen LogP contribution in [0.5, 0.6) is 0 Å². The average molecular weight is 459 g/mol. The summed E-state index contributed by atoms with van der Waals surface area (Å²) in [6, 6.07) is 15.0. The lowest BCUT2D eigenvalue weighted by atomic mass is 10.2. The molecule has 1 N–H and O–H groups in total. The quantitative estimate of drug-likeness (QED) is 0.563. The van der Waals surface area contributed by atoms with Crippen molar-refractivity contribution in [2.24, 2.45) is 0 Å². The molecule has 1 aliphatic heterocycles. The fourth-order valence-electron chi connectivity index (χ4n) is 3.88. The number of benzene rings is 1. The molecule has 4 rings (SSSR count). The van der Waals surface area contributed by atoms with E-state index in [2.05, 4.69) is 21.7 Å². The van der Waals surface area contributed by atoms with Gasteiger partial charge in [0.1, 0.15) is 0 Å². The molecule has 1 fully saturated rings. The number of amides is 1. The van der Waals surface area contributed by atoms with Crippen molar-refractivity contribution in [1.82, 2.24) is 10.2 Å². The van der Waals surface area contributed by atoms with Crippen LogP contribution in [0.3, 0.4) is 0 Å². The van der Waals surface area contributed by atoms with Gasteiger partial charge in [-0.05, 0) is 61.6 Å². The van der Waals surface area contributed by atoms with Crippen LogP contribution in [-0.2, 0) is 9.84 Å². The fourth-order valence-corrected chi connectivity index (χ4v) is 5.93. The molecule has 0 aliphatic carbocycles. The van der Waals surface area contributed by atoms with Gasteiger partial charge in [0, 0.05) is 11.4 Å². The zero-order valence-electron chi connectivity index (χ0n) is 17.2. The summed E-state index contributed by atoms with van der Waals surface area (Å²) in [7, 11) is -3.79. The van der Waals surface area contributed by atoms with E-state index in [-0.39, 0.29) is 21.8 Å². The highest BCUT2D eigenvalue weighted by molar-refractivity contribution is 7.91. The Kier molecular flexibility index (Phi) is 6.89. The maximum atomic E-state index is 12.7. The number of likely N-dealkylation sites (tertiary alicyclic amines) is 1. The van der Waals surface area contributed by atoms with E-state index in [0.717, 1.165) is 25.9 Å². The highest BCUT2D eigenvalue weighted by Gasteiger charge is 2.26. The Hall–Kier alpha value is -2.42. The van der Waals surface area contributed by atoms with Gasteiger partial charge in [0.2, 0.25) is 14.9 Å². The second-order valence-corrected chi connectivity index (χ2v) is 10.5. The molecule has 1 aromatic carbocycles. The highest BCUT2D eigenvalue weighted by Crippen LogP contribution is 2.28. The summed E-state index contributed by atoms with van der Waals surface area (Å²) in [6.07, 6.45) is 4.81. The zero-order valence-corrected chi connectivity index (χ0v) is 18.8. The Morgan fingerprint density at radius 3 is 2.42 bits per heavy atom. The predicted molar refractivity (Wildman–Crippen MR) is 120 cm³/mol. The number of rotatable bonds is 7. The summed E-state index contributed by atoms with van der Waals surface area (Å²) in [6.45, 7) is 2.47. The number of hydrogen-bond acceptors (Lipinski definition) is 6. The van der Waals surface area contributed by atoms with Gasteiger partial charge >= 0.3 is 0 Å². The Morgan fingerprint density at radius 1 is 1.00 bits per heavy atom. The van der Waals surface area contributed by atoms with Crippen molar-refractivity contribution in [3.8, 4) is 0 Å². The molecule has 0 bridgehead atoms. The molecule has 2 aromatic heterocycles. The van der Waals surface area contributed by atoms with Crippen LogP contribution in [0.15, 0.2) is 74.4 Å². The molecular formula is C23H26N2O4S2. The first-order chi connectivity index (χ1) is 15.1. The first-order valence-electron chi connectivity index (χ1n) is 10.5. The van der Waals surface area contributed by atoms with E-state index in [0.29, 0.717) is 6.54 Å². The maximum absolute atomic E-state index is 12.7. The van der Waals surface area contributed by atoms with Gasteiger partial charge in [0.15, 0.2) is 5.76 Å². The topological polar surface area (TPSA) is 79.6 Å². The molecule has 8 heteroatoms. The van der Waals surface area contributed by atoms with Gasteiger partial charge < -0.3 is 9.73 Å². The number of carbonyl (C=O) groups is 1. The van der Waals surface area contributed by atoms with Crippen molar-refractivity contribution >= 4 is 27.1 Å². The lowest BCUT2D eigenvalue weighted by molar-refractivity contribution is 0.0901. The van der Waals surface area contributed by atoms with Crippen molar-refractivity contribution in [3.63, 3.8) is 0 Å². The van der Waals surface area contributed by atoms with Crippen molar-refractivity contribution < 1.29 is 17.6 Å². The van der Waals surface area contributed by atoms with Crippen molar-refractivity contribution in [3.05, 3.63) is 70.6 Å². The molecule has 1 aliphatic rings. The van der Waals surface area contributed by atoms with E-state index in [9.17, 15) is 13.2 Å². The monoisotopic (exact) mass is 458 g/mol. The number of hydrogen-bond donors (Lipinski definition) is 1. The van der Waals surface area contributed by atoms with Crippen LogP contribution in [-0.4, -0.2) is 38.9 Å². The van der Waals surface area contributed by atoms with Gasteiger partial charge in [0.25, 0.3) is 5.91 Å². The average Bonchev–Trinajstić information content (AvgIpc) is 3.43. The molecule has 1 amide bonds. The summed E-state index contributed by atoms with van der Waals surface area (Å²) >= 11 is 1.69. The largest absolute Gasteiger partial charge is 0.439 e. The molecule has 0 radical (unpaired) electrons. The second-order valence-electron chi connectivity index (χ2n) is 7.63. The van der Waals surface area contributed by atoms with E-state index in [1.165, 1.54) is 42.0 Å². The summed E-state index contributed by atoms with van der Waals surface area (Å²) in [5.41, 5.74) is 0. The van der Waals surface area contributed by atoms with E-state index < -0.39 is 15.7 Å². The van der Waals surface area contributed by atoms with Crippen molar-refractivity contribution in [2.45, 2.75) is 41.7 Å². The number of nitrogens with one attached hydrogen (secondary N) is 1. The normalized spacial score (nSPS) is 16.5. The number of furan rings is 1. The van der Waals surface area contributed by atoms with E-state index in [4.69, 9.17) is 4.42 Å². The minimum atomic E-state index is -3.79. The van der Waals surface area contributed by atoms with Crippen LogP contribution >= 0.6 is 11.3 Å². The molecule has 3 heterocycles. The zero-order chi connectivity index (χ0) is 21.7. The van der Waals surface area contributed by atoms with Gasteiger partial charge in [-0.3, -0.25) is 9.69 Å². The Balaban J connectivity index is 1.46. The van der Waals surface area contributed by atoms with Crippen LogP contribution in [0.4, 0.5) is 0 Å². The first kappa shape index (κ1) is 21.8. The van der Waals surface area contributed by atoms with E-state index in [1.807, 2.05) is 6.07 Å². The van der Waals surface area contributed by atoms with Crippen LogP contribution in [0.25, 0.3) is 0 Å². The molecule has 6 nitrogen and oxygen atoms in total. The molecule has 164 valence electrons. The third-order valence-electron chi connectivity index (χ3n) is 5.53. The fraction of sp³-hybridized carbons (Fsp3) is 0.348. The van der Waals surface area contributed by atoms with Crippen LogP contribution in [0, 0.1) is 0 Å². The Labute approximate surface area is 186 Å². The third kappa shape index (κ3) is 5.08. The van der Waals surface area contributed by atoms with E-state index in [1.54, 1.807) is 29.5 Å².